The molecule has 0 aromatic carbocycles. The van der Waals surface area contributed by atoms with Gasteiger partial charge < -0.3 is 14.7 Å². The van der Waals surface area contributed by atoms with Gasteiger partial charge in [0, 0.05) is 35.9 Å². The van der Waals surface area contributed by atoms with Crippen molar-refractivity contribution in [2.24, 2.45) is 0 Å². The van der Waals surface area contributed by atoms with Gasteiger partial charge in [-0.25, -0.2) is 4.57 Å². The molecule has 0 fully saturated rings. The summed E-state index contributed by atoms with van der Waals surface area (Å²) in [5.41, 5.74) is 0. The van der Waals surface area contributed by atoms with Gasteiger partial charge in [-0.1, -0.05) is 0 Å². The van der Waals surface area contributed by atoms with E-state index in [0.29, 0.717) is 0 Å². The zero-order valence-electron chi connectivity index (χ0n) is 3.58. The topological polar surface area (TPSA) is 77.8 Å². The Balaban J connectivity index is -0.0000000800. The van der Waals surface area contributed by atoms with E-state index in [1.807, 2.05) is 0 Å². The Kier molecular flexibility index (Phi) is 12.1. The summed E-state index contributed by atoms with van der Waals surface area (Å²) in [5, 5.41) is 0. The van der Waals surface area contributed by atoms with Gasteiger partial charge in [0.2, 0.25) is 0 Å². The smallest absolute Gasteiger partial charge is 0.303 e. The summed E-state index contributed by atoms with van der Waals surface area (Å²) in [7, 11) is -4.64. The molecule has 0 atom stereocenters. The normalized spacial score (nSPS) is 8.43. The van der Waals surface area contributed by atoms with Gasteiger partial charge in [-0.05, 0) is 0 Å². The van der Waals surface area contributed by atoms with Crippen molar-refractivity contribution in [1.82, 2.24) is 0 Å². The first kappa shape index (κ1) is 15.7. The molecule has 0 aromatic rings. The molecule has 0 heterocycles. The SMILES string of the molecule is O=P(O)(O)O.[Li].[Mn]. The molecule has 2 radical (unpaired) electrons. The Morgan fingerprint density at radius 3 is 1.14 bits per heavy atom. The third-order valence-electron chi connectivity index (χ3n) is 0. The van der Waals surface area contributed by atoms with E-state index in [9.17, 15) is 0 Å². The number of hydrogen-bond acceptors (Lipinski definition) is 1. The first-order valence-electron chi connectivity index (χ1n) is 0.783. The first-order valence-corrected chi connectivity index (χ1v) is 2.35. The van der Waals surface area contributed by atoms with Crippen molar-refractivity contribution in [2.75, 3.05) is 0 Å². The molecule has 3 N–H and O–H groups in total. The van der Waals surface area contributed by atoms with Crippen molar-refractivity contribution in [3.8, 4) is 0 Å². The maximum Gasteiger partial charge on any atom is 0.466 e. The molecule has 0 aromatic heterocycles. The third kappa shape index (κ3) is 131. The van der Waals surface area contributed by atoms with Gasteiger partial charge >= 0.3 is 7.82 Å². The minimum absolute atomic E-state index is 0. The molecule has 7 heavy (non-hydrogen) atoms. The largest absolute Gasteiger partial charge is 0.466 e. The minimum atomic E-state index is -4.64. The van der Waals surface area contributed by atoms with Crippen LogP contribution in [0, 0.1) is 0 Å². The van der Waals surface area contributed by atoms with E-state index in [4.69, 9.17) is 19.2 Å². The number of phosphoric acid groups is 1. The van der Waals surface area contributed by atoms with Gasteiger partial charge in [0.25, 0.3) is 0 Å². The Hall–Kier alpha value is 1.23. The Labute approximate surface area is 63.2 Å². The van der Waals surface area contributed by atoms with Crippen LogP contribution in [0.3, 0.4) is 0 Å². The summed E-state index contributed by atoms with van der Waals surface area (Å²) in [5.74, 6) is 0. The predicted molar refractivity (Wildman–Crippen MR) is 20.0 cm³/mol. The van der Waals surface area contributed by atoms with Gasteiger partial charge in [0.05, 0.1) is 0 Å². The van der Waals surface area contributed by atoms with Crippen molar-refractivity contribution in [2.45, 2.75) is 0 Å². The van der Waals surface area contributed by atoms with Crippen LogP contribution in [0.5, 0.6) is 0 Å². The summed E-state index contributed by atoms with van der Waals surface area (Å²) < 4.78 is 8.88. The molecule has 0 rings (SSSR count). The van der Waals surface area contributed by atoms with Crippen molar-refractivity contribution >= 4 is 26.7 Å². The van der Waals surface area contributed by atoms with Gasteiger partial charge in [0.15, 0.2) is 0 Å². The van der Waals surface area contributed by atoms with Gasteiger partial charge in [0.1, 0.15) is 0 Å². The molecule has 4 nitrogen and oxygen atoms in total. The van der Waals surface area contributed by atoms with E-state index in [1.165, 1.54) is 0 Å². The van der Waals surface area contributed by atoms with Crippen molar-refractivity contribution < 1.29 is 36.3 Å². The molecule has 0 amide bonds. The van der Waals surface area contributed by atoms with Crippen LogP contribution in [0.25, 0.3) is 0 Å². The molecule has 0 bridgehead atoms. The zero-order valence-corrected chi connectivity index (χ0v) is 5.65. The fraction of sp³-hybridized carbons (Fsp3) is 0. The van der Waals surface area contributed by atoms with Crippen molar-refractivity contribution in [3.63, 3.8) is 0 Å². The van der Waals surface area contributed by atoms with Gasteiger partial charge in [-0.15, -0.1) is 0 Å². The summed E-state index contributed by atoms with van der Waals surface area (Å²) in [4.78, 5) is 21.6. The van der Waals surface area contributed by atoms with E-state index in [0.717, 1.165) is 0 Å². The quantitative estimate of drug-likeness (QED) is 0.303. The number of rotatable bonds is 0. The van der Waals surface area contributed by atoms with Crippen molar-refractivity contribution in [3.05, 3.63) is 0 Å². The van der Waals surface area contributed by atoms with Crippen LogP contribution in [-0.2, 0) is 21.6 Å². The molecule has 0 aliphatic heterocycles. The summed E-state index contributed by atoms with van der Waals surface area (Å²) in [6.07, 6.45) is 0. The molecule has 0 aliphatic rings. The molecule has 0 saturated heterocycles. The standard InChI is InChI=1S/Li.Mn.H3O4P/c;;1-5(2,3)4/h;;(H3,1,2,3,4). The Bertz CT molecular complexity index is 57.8. The maximum absolute atomic E-state index is 8.88. The fourth-order valence-corrected chi connectivity index (χ4v) is 0. The van der Waals surface area contributed by atoms with Crippen LogP contribution in [0.1, 0.15) is 0 Å². The van der Waals surface area contributed by atoms with Crippen LogP contribution in [0.4, 0.5) is 0 Å². The molecule has 0 unspecified atom stereocenters. The fourth-order valence-electron chi connectivity index (χ4n) is 0. The van der Waals surface area contributed by atoms with Crippen LogP contribution < -0.4 is 0 Å². The minimum Gasteiger partial charge on any atom is -0.303 e. The summed E-state index contributed by atoms with van der Waals surface area (Å²) in [6.45, 7) is 0. The second-order valence-electron chi connectivity index (χ2n) is 0.513. The van der Waals surface area contributed by atoms with E-state index in [2.05, 4.69) is 0 Å². The monoisotopic (exact) mass is 160 g/mol. The molecule has 40 valence electrons. The zero-order chi connectivity index (χ0) is 4.50. The van der Waals surface area contributed by atoms with Gasteiger partial charge in [-0.3, -0.25) is 0 Å². The number of hydrogen-bond donors (Lipinski definition) is 3. The van der Waals surface area contributed by atoms with Crippen LogP contribution >= 0.6 is 7.82 Å². The molecule has 0 spiro atoms. The van der Waals surface area contributed by atoms with E-state index in [1.54, 1.807) is 0 Å². The second kappa shape index (κ2) is 5.37. The predicted octanol–water partition coefficient (Wildman–Crippen LogP) is -1.31. The maximum atomic E-state index is 8.88. The van der Waals surface area contributed by atoms with Crippen LogP contribution in [0.15, 0.2) is 0 Å². The Morgan fingerprint density at radius 2 is 1.14 bits per heavy atom. The third-order valence-corrected chi connectivity index (χ3v) is 0. The molecule has 0 saturated carbocycles. The average Bonchev–Trinajstić information content (AvgIpc) is 0.722. The van der Waals surface area contributed by atoms with E-state index in [-0.39, 0.29) is 35.9 Å². The van der Waals surface area contributed by atoms with E-state index >= 15 is 0 Å². The van der Waals surface area contributed by atoms with E-state index < -0.39 is 7.82 Å². The average molecular weight is 160 g/mol. The Morgan fingerprint density at radius 1 is 1.14 bits per heavy atom. The van der Waals surface area contributed by atoms with Gasteiger partial charge in [-0.2, -0.15) is 0 Å². The van der Waals surface area contributed by atoms with Crippen LogP contribution in [0.2, 0.25) is 0 Å². The van der Waals surface area contributed by atoms with Crippen molar-refractivity contribution in [1.29, 1.82) is 0 Å². The van der Waals surface area contributed by atoms with Crippen LogP contribution in [-0.4, -0.2) is 33.5 Å². The second-order valence-corrected chi connectivity index (χ2v) is 1.54. The summed E-state index contributed by atoms with van der Waals surface area (Å²) in [6, 6.07) is 0. The summed E-state index contributed by atoms with van der Waals surface area (Å²) >= 11 is 0. The molecule has 0 aliphatic carbocycles. The molecule has 7 heteroatoms. The molecular formula is H3LiMnO4P. The first-order chi connectivity index (χ1) is 2.00. The molecular weight excluding hydrogens is 157 g/mol.